The SMILES string of the molecule is CCN(CCNC(=NC)N(C)Cc1ccc(OC)cc1)C1CC1.I. The van der Waals surface area contributed by atoms with E-state index in [0.29, 0.717) is 0 Å². The van der Waals surface area contributed by atoms with Gasteiger partial charge in [-0.05, 0) is 37.1 Å². The number of guanidine groups is 1. The van der Waals surface area contributed by atoms with E-state index in [-0.39, 0.29) is 24.0 Å². The summed E-state index contributed by atoms with van der Waals surface area (Å²) in [5.41, 5.74) is 1.24. The van der Waals surface area contributed by atoms with E-state index in [0.717, 1.165) is 43.9 Å². The molecule has 1 aromatic carbocycles. The Balaban J connectivity index is 0.00000288. The van der Waals surface area contributed by atoms with E-state index in [9.17, 15) is 0 Å². The Labute approximate surface area is 163 Å². The maximum atomic E-state index is 5.20. The lowest BCUT2D eigenvalue weighted by molar-refractivity contribution is 0.280. The zero-order valence-electron chi connectivity index (χ0n) is 15.3. The lowest BCUT2D eigenvalue weighted by atomic mass is 10.2. The van der Waals surface area contributed by atoms with Crippen molar-refractivity contribution in [3.63, 3.8) is 0 Å². The quantitative estimate of drug-likeness (QED) is 0.379. The topological polar surface area (TPSA) is 40.1 Å². The largest absolute Gasteiger partial charge is 0.497 e. The van der Waals surface area contributed by atoms with Crippen molar-refractivity contribution in [3.8, 4) is 5.75 Å². The second-order valence-corrected chi connectivity index (χ2v) is 6.04. The van der Waals surface area contributed by atoms with Gasteiger partial charge in [-0.15, -0.1) is 24.0 Å². The summed E-state index contributed by atoms with van der Waals surface area (Å²) in [4.78, 5) is 9.08. The van der Waals surface area contributed by atoms with Crippen molar-refractivity contribution >= 4 is 29.9 Å². The monoisotopic (exact) mass is 446 g/mol. The van der Waals surface area contributed by atoms with E-state index in [1.165, 1.54) is 18.4 Å². The molecular formula is C18H31IN4O. The van der Waals surface area contributed by atoms with Crippen molar-refractivity contribution in [1.82, 2.24) is 15.1 Å². The van der Waals surface area contributed by atoms with Gasteiger partial charge in [-0.25, -0.2) is 0 Å². The van der Waals surface area contributed by atoms with Crippen molar-refractivity contribution in [2.45, 2.75) is 32.4 Å². The molecule has 0 atom stereocenters. The Morgan fingerprint density at radius 1 is 1.29 bits per heavy atom. The van der Waals surface area contributed by atoms with Crippen LogP contribution in [0.15, 0.2) is 29.3 Å². The predicted octanol–water partition coefficient (Wildman–Crippen LogP) is 2.80. The van der Waals surface area contributed by atoms with E-state index in [1.54, 1.807) is 7.11 Å². The van der Waals surface area contributed by atoms with Gasteiger partial charge in [0.25, 0.3) is 0 Å². The molecule has 1 fully saturated rings. The summed E-state index contributed by atoms with van der Waals surface area (Å²) >= 11 is 0. The number of benzene rings is 1. The van der Waals surface area contributed by atoms with Crippen LogP contribution in [0.3, 0.4) is 0 Å². The summed E-state index contributed by atoms with van der Waals surface area (Å²) in [6, 6.07) is 8.99. The number of hydrogen-bond donors (Lipinski definition) is 1. The van der Waals surface area contributed by atoms with E-state index in [2.05, 4.69) is 46.2 Å². The van der Waals surface area contributed by atoms with E-state index < -0.39 is 0 Å². The molecule has 136 valence electrons. The molecular weight excluding hydrogens is 415 g/mol. The Kier molecular flexibility index (Phi) is 9.43. The molecule has 1 aliphatic carbocycles. The molecule has 0 radical (unpaired) electrons. The number of methoxy groups -OCH3 is 1. The number of nitrogens with one attached hydrogen (secondary N) is 1. The van der Waals surface area contributed by atoms with Crippen LogP contribution < -0.4 is 10.1 Å². The minimum atomic E-state index is 0. The Bertz CT molecular complexity index is 502. The van der Waals surface area contributed by atoms with Crippen molar-refractivity contribution in [3.05, 3.63) is 29.8 Å². The van der Waals surface area contributed by atoms with Gasteiger partial charge in [-0.1, -0.05) is 19.1 Å². The highest BCUT2D eigenvalue weighted by Crippen LogP contribution is 2.25. The average Bonchev–Trinajstić information content (AvgIpc) is 3.40. The van der Waals surface area contributed by atoms with Crippen LogP contribution in [-0.4, -0.2) is 62.6 Å². The van der Waals surface area contributed by atoms with Gasteiger partial charge in [0.15, 0.2) is 5.96 Å². The first kappa shape index (κ1) is 21.0. The number of rotatable bonds is 8. The van der Waals surface area contributed by atoms with Gasteiger partial charge in [0.1, 0.15) is 5.75 Å². The summed E-state index contributed by atoms with van der Waals surface area (Å²) in [5, 5.41) is 3.47. The number of halogens is 1. The molecule has 0 spiro atoms. The van der Waals surface area contributed by atoms with E-state index in [1.807, 2.05) is 19.2 Å². The van der Waals surface area contributed by atoms with Gasteiger partial charge >= 0.3 is 0 Å². The zero-order chi connectivity index (χ0) is 16.7. The third-order valence-corrected chi connectivity index (χ3v) is 4.30. The summed E-state index contributed by atoms with van der Waals surface area (Å²) in [5.74, 6) is 1.83. The normalized spacial score (nSPS) is 14.3. The van der Waals surface area contributed by atoms with Crippen molar-refractivity contribution < 1.29 is 4.74 Å². The van der Waals surface area contributed by atoms with Gasteiger partial charge in [0, 0.05) is 39.8 Å². The Morgan fingerprint density at radius 2 is 1.96 bits per heavy atom. The molecule has 1 aliphatic rings. The smallest absolute Gasteiger partial charge is 0.193 e. The van der Waals surface area contributed by atoms with Crippen molar-refractivity contribution in [2.24, 2.45) is 4.99 Å². The average molecular weight is 446 g/mol. The fraction of sp³-hybridized carbons (Fsp3) is 0.611. The molecule has 0 saturated heterocycles. The summed E-state index contributed by atoms with van der Waals surface area (Å²) in [7, 11) is 5.59. The number of ether oxygens (including phenoxy) is 1. The standard InChI is InChI=1S/C18H30N4O.HI/c1-5-22(16-8-9-16)13-12-20-18(19-2)21(3)14-15-6-10-17(23-4)11-7-15;/h6-7,10-11,16H,5,8-9,12-14H2,1-4H3,(H,19,20);1H. The molecule has 5 nitrogen and oxygen atoms in total. The minimum absolute atomic E-state index is 0. The van der Waals surface area contributed by atoms with Crippen molar-refractivity contribution in [1.29, 1.82) is 0 Å². The first-order valence-electron chi connectivity index (χ1n) is 8.46. The van der Waals surface area contributed by atoms with Crippen LogP contribution >= 0.6 is 24.0 Å². The van der Waals surface area contributed by atoms with Crippen LogP contribution in [0.2, 0.25) is 0 Å². The summed E-state index contributed by atoms with van der Waals surface area (Å²) in [6.07, 6.45) is 2.72. The van der Waals surface area contributed by atoms with Crippen LogP contribution in [0, 0.1) is 0 Å². The van der Waals surface area contributed by atoms with Crippen LogP contribution in [0.1, 0.15) is 25.3 Å². The number of aliphatic imine (C=N–C) groups is 1. The molecule has 0 aromatic heterocycles. The molecule has 0 bridgehead atoms. The van der Waals surface area contributed by atoms with Crippen LogP contribution in [-0.2, 0) is 6.54 Å². The highest BCUT2D eigenvalue weighted by Gasteiger charge is 2.27. The number of likely N-dealkylation sites (N-methyl/N-ethyl adjacent to an activating group) is 1. The highest BCUT2D eigenvalue weighted by atomic mass is 127. The highest BCUT2D eigenvalue weighted by molar-refractivity contribution is 14.0. The lowest BCUT2D eigenvalue weighted by Crippen LogP contribution is -2.42. The first-order valence-corrected chi connectivity index (χ1v) is 8.46. The molecule has 0 aliphatic heterocycles. The maximum Gasteiger partial charge on any atom is 0.193 e. The lowest BCUT2D eigenvalue weighted by Gasteiger charge is -2.24. The van der Waals surface area contributed by atoms with E-state index >= 15 is 0 Å². The van der Waals surface area contributed by atoms with Gasteiger partial charge in [-0.2, -0.15) is 0 Å². The molecule has 1 saturated carbocycles. The van der Waals surface area contributed by atoms with E-state index in [4.69, 9.17) is 4.74 Å². The molecule has 24 heavy (non-hydrogen) atoms. The Hall–Kier alpha value is -1.02. The maximum absolute atomic E-state index is 5.20. The van der Waals surface area contributed by atoms with Gasteiger partial charge in [0.2, 0.25) is 0 Å². The van der Waals surface area contributed by atoms with Crippen LogP contribution in [0.4, 0.5) is 0 Å². The Morgan fingerprint density at radius 3 is 2.46 bits per heavy atom. The molecule has 1 N–H and O–H groups in total. The zero-order valence-corrected chi connectivity index (χ0v) is 17.6. The summed E-state index contributed by atoms with van der Waals surface area (Å²) < 4.78 is 5.20. The third-order valence-electron chi connectivity index (χ3n) is 4.30. The second-order valence-electron chi connectivity index (χ2n) is 6.04. The molecule has 2 rings (SSSR count). The first-order chi connectivity index (χ1) is 11.2. The van der Waals surface area contributed by atoms with Crippen molar-refractivity contribution in [2.75, 3.05) is 40.8 Å². The van der Waals surface area contributed by atoms with Gasteiger partial charge in [0.05, 0.1) is 7.11 Å². The molecule has 0 unspecified atom stereocenters. The molecule has 0 amide bonds. The minimum Gasteiger partial charge on any atom is -0.497 e. The molecule has 0 heterocycles. The third kappa shape index (κ3) is 6.47. The van der Waals surface area contributed by atoms with Crippen LogP contribution in [0.25, 0.3) is 0 Å². The number of nitrogens with zero attached hydrogens (tertiary/aromatic N) is 3. The van der Waals surface area contributed by atoms with Crippen LogP contribution in [0.5, 0.6) is 5.75 Å². The predicted molar refractivity (Wildman–Crippen MR) is 112 cm³/mol. The molecule has 1 aromatic rings. The number of hydrogen-bond acceptors (Lipinski definition) is 3. The van der Waals surface area contributed by atoms with Gasteiger partial charge in [-0.3, -0.25) is 9.89 Å². The second kappa shape index (κ2) is 10.8. The fourth-order valence-corrected chi connectivity index (χ4v) is 2.81. The summed E-state index contributed by atoms with van der Waals surface area (Å²) in [6.45, 7) is 6.21. The van der Waals surface area contributed by atoms with Gasteiger partial charge < -0.3 is 15.0 Å². The molecule has 6 heteroatoms. The fourth-order valence-electron chi connectivity index (χ4n) is 2.81.